The molecule has 3 aromatic rings. The molecule has 0 saturated heterocycles. The number of aliphatic hydroxyl groups excluding tert-OH is 1. The Kier molecular flexibility index (Phi) is 13.5. The first-order chi connectivity index (χ1) is 24.6. The first-order valence-electron chi connectivity index (χ1n) is 17.1. The molecule has 2 aromatic carbocycles. The van der Waals surface area contributed by atoms with Crippen molar-refractivity contribution in [3.63, 3.8) is 0 Å². The molecule has 4 rings (SSSR count). The first-order valence-corrected chi connectivity index (χ1v) is 17.1. The van der Waals surface area contributed by atoms with Crippen LogP contribution in [0.4, 0.5) is 39.8 Å². The number of nitrogens with one attached hydrogen (secondary N) is 3. The van der Waals surface area contributed by atoms with Gasteiger partial charge in [0.15, 0.2) is 5.76 Å². The van der Waals surface area contributed by atoms with Crippen molar-refractivity contribution in [3.8, 4) is 5.75 Å². The molecule has 16 heteroatoms. The average molecular weight is 733 g/mol. The van der Waals surface area contributed by atoms with E-state index in [1.54, 1.807) is 40.0 Å². The van der Waals surface area contributed by atoms with Gasteiger partial charge in [-0.05, 0) is 89.4 Å². The average Bonchev–Trinajstić information content (AvgIpc) is 3.41. The third-order valence-electron chi connectivity index (χ3n) is 8.85. The molecule has 2 heterocycles. The highest BCUT2D eigenvalue weighted by Gasteiger charge is 2.32. The van der Waals surface area contributed by atoms with E-state index < -0.39 is 41.9 Å². The van der Waals surface area contributed by atoms with Gasteiger partial charge < -0.3 is 44.9 Å². The number of aliphatic hydroxyl groups is 1. The molecule has 0 aliphatic carbocycles. The summed E-state index contributed by atoms with van der Waals surface area (Å²) in [6, 6.07) is 7.19. The predicted octanol–water partition coefficient (Wildman–Crippen LogP) is 6.91. The Labute approximate surface area is 300 Å². The Balaban J connectivity index is 1.56. The van der Waals surface area contributed by atoms with E-state index in [2.05, 4.69) is 21.1 Å². The van der Waals surface area contributed by atoms with Gasteiger partial charge in [0.05, 0.1) is 36.0 Å². The van der Waals surface area contributed by atoms with Crippen LogP contribution in [0.15, 0.2) is 47.0 Å². The molecule has 0 radical (unpaired) electrons. The summed E-state index contributed by atoms with van der Waals surface area (Å²) in [4.78, 5) is 43.3. The Hall–Kier alpha value is -4.83. The highest BCUT2D eigenvalue weighted by atomic mass is 19.4. The molecule has 0 unspecified atom stereocenters. The number of rotatable bonds is 7. The van der Waals surface area contributed by atoms with E-state index in [0.29, 0.717) is 48.0 Å². The lowest BCUT2D eigenvalue weighted by atomic mass is 10.0. The molecular weight excluding hydrogens is 685 g/mol. The van der Waals surface area contributed by atoms with E-state index in [1.165, 1.54) is 28.0 Å². The maximum atomic E-state index is 14.4. The number of ether oxygens (including phenoxy) is 2. The summed E-state index contributed by atoms with van der Waals surface area (Å²) < 4.78 is 56.6. The molecule has 0 saturated carbocycles. The second-order valence-electron chi connectivity index (χ2n) is 13.2. The number of carbonyl (C=O) groups is 3. The summed E-state index contributed by atoms with van der Waals surface area (Å²) in [5.41, 5.74) is 0.804. The molecule has 0 bridgehead atoms. The number of alkyl halides is 3. The molecule has 1 aliphatic heterocycles. The minimum absolute atomic E-state index is 0.105. The van der Waals surface area contributed by atoms with Gasteiger partial charge in [0.25, 0.3) is 5.91 Å². The predicted molar refractivity (Wildman–Crippen MR) is 189 cm³/mol. The van der Waals surface area contributed by atoms with Crippen LogP contribution in [0.25, 0.3) is 0 Å². The largest absolute Gasteiger partial charge is 0.490 e. The van der Waals surface area contributed by atoms with Crippen LogP contribution < -0.4 is 20.7 Å². The fraction of sp³-hybridized carbons (Fsp3) is 0.500. The van der Waals surface area contributed by atoms with Crippen molar-refractivity contribution in [1.29, 1.82) is 0 Å². The third-order valence-corrected chi connectivity index (χ3v) is 8.85. The van der Waals surface area contributed by atoms with Crippen molar-refractivity contribution in [2.75, 3.05) is 49.3 Å². The number of hydrogen-bond donors (Lipinski definition) is 4. The number of benzene rings is 2. The second-order valence-corrected chi connectivity index (χ2v) is 13.2. The SMILES string of the molecule is Cc1noc(C)c1NC(=O)Nc1ccc2c(c1)C(=O)N([C@H](C)CO)C[C@@H](C)[C@@H](CN(C)C(=O)Nc1ccc(C(F)(F)F)cc1)OCCCC[C@@H](C)O2. The van der Waals surface area contributed by atoms with Gasteiger partial charge in [0, 0.05) is 44.0 Å². The minimum atomic E-state index is -4.50. The minimum Gasteiger partial charge on any atom is -0.490 e. The molecule has 13 nitrogen and oxygen atoms in total. The maximum Gasteiger partial charge on any atom is 0.416 e. The Morgan fingerprint density at radius 2 is 1.75 bits per heavy atom. The van der Waals surface area contributed by atoms with Crippen LogP contribution in [0.2, 0.25) is 0 Å². The van der Waals surface area contributed by atoms with Crippen LogP contribution in [0.5, 0.6) is 5.75 Å². The third kappa shape index (κ3) is 10.6. The number of urea groups is 2. The van der Waals surface area contributed by atoms with Gasteiger partial charge in [-0.1, -0.05) is 12.1 Å². The Morgan fingerprint density at radius 1 is 1.06 bits per heavy atom. The molecular formula is C36H47F3N6O7. The molecule has 5 amide bonds. The summed E-state index contributed by atoms with van der Waals surface area (Å²) in [5, 5.41) is 22.1. The Morgan fingerprint density at radius 3 is 2.38 bits per heavy atom. The zero-order chi connectivity index (χ0) is 38.2. The van der Waals surface area contributed by atoms with Gasteiger partial charge in [-0.3, -0.25) is 4.79 Å². The molecule has 52 heavy (non-hydrogen) atoms. The van der Waals surface area contributed by atoms with Gasteiger partial charge in [-0.25, -0.2) is 9.59 Å². The van der Waals surface area contributed by atoms with Crippen LogP contribution in [-0.4, -0.2) is 89.6 Å². The standard InChI is InChI=1S/C36H47F3N6O7/c1-21-18-45(22(2)20-46)33(47)29-17-28(40-34(48)42-32-24(4)43-52-25(32)5)14-15-30(29)51-23(3)9-7-8-16-50-31(21)19-44(6)35(49)41-27-12-10-26(11-13-27)36(37,38)39/h10-15,17,21-23,31,46H,7-9,16,18-20H2,1-6H3,(H,41,49)(H2,40,42,48)/t21-,22-,23-,31-/m1/s1. The molecule has 1 aromatic heterocycles. The van der Waals surface area contributed by atoms with Crippen molar-refractivity contribution >= 4 is 35.0 Å². The monoisotopic (exact) mass is 732 g/mol. The molecule has 0 spiro atoms. The van der Waals surface area contributed by atoms with Crippen LogP contribution >= 0.6 is 0 Å². The number of hydrogen-bond acceptors (Lipinski definition) is 8. The number of aromatic nitrogens is 1. The van der Waals surface area contributed by atoms with E-state index in [-0.39, 0.29) is 43.0 Å². The van der Waals surface area contributed by atoms with Crippen molar-refractivity contribution in [2.45, 2.75) is 78.3 Å². The van der Waals surface area contributed by atoms with Crippen molar-refractivity contribution in [2.24, 2.45) is 5.92 Å². The quantitative estimate of drug-likeness (QED) is 0.204. The highest BCUT2D eigenvalue weighted by Crippen LogP contribution is 2.31. The van der Waals surface area contributed by atoms with Crippen LogP contribution in [0.1, 0.15) is 67.4 Å². The summed E-state index contributed by atoms with van der Waals surface area (Å²) in [7, 11) is 1.55. The van der Waals surface area contributed by atoms with Crippen molar-refractivity contribution < 1.29 is 46.7 Å². The lowest BCUT2D eigenvalue weighted by molar-refractivity contribution is -0.137. The van der Waals surface area contributed by atoms with Gasteiger partial charge in [-0.2, -0.15) is 13.2 Å². The van der Waals surface area contributed by atoms with E-state index in [9.17, 15) is 32.7 Å². The maximum absolute atomic E-state index is 14.4. The van der Waals surface area contributed by atoms with E-state index in [4.69, 9.17) is 14.0 Å². The summed E-state index contributed by atoms with van der Waals surface area (Å²) >= 11 is 0. The van der Waals surface area contributed by atoms with E-state index in [0.717, 1.165) is 18.6 Å². The molecule has 1 aliphatic rings. The molecule has 4 N–H and O–H groups in total. The normalized spacial score (nSPS) is 19.5. The number of halogens is 3. The van der Waals surface area contributed by atoms with Gasteiger partial charge in [0.1, 0.15) is 17.1 Å². The fourth-order valence-electron chi connectivity index (χ4n) is 5.71. The zero-order valence-electron chi connectivity index (χ0n) is 30.2. The van der Waals surface area contributed by atoms with E-state index in [1.807, 2.05) is 13.8 Å². The lowest BCUT2D eigenvalue weighted by Gasteiger charge is -2.35. The smallest absolute Gasteiger partial charge is 0.416 e. The highest BCUT2D eigenvalue weighted by molar-refractivity contribution is 6.03. The lowest BCUT2D eigenvalue weighted by Crippen LogP contribution is -2.48. The number of carbonyl (C=O) groups excluding carboxylic acids is 3. The summed E-state index contributed by atoms with van der Waals surface area (Å²) in [5.74, 6) is -0.0471. The number of likely N-dealkylation sites (N-methyl/N-ethyl adjacent to an activating group) is 1. The molecule has 4 atom stereocenters. The number of aryl methyl sites for hydroxylation is 2. The van der Waals surface area contributed by atoms with Crippen LogP contribution in [0.3, 0.4) is 0 Å². The number of anilines is 3. The number of nitrogens with zero attached hydrogens (tertiary/aromatic N) is 3. The van der Waals surface area contributed by atoms with Crippen molar-refractivity contribution in [3.05, 3.63) is 65.0 Å². The zero-order valence-corrected chi connectivity index (χ0v) is 30.2. The Bertz CT molecular complexity index is 1660. The molecule has 284 valence electrons. The van der Waals surface area contributed by atoms with Gasteiger partial charge in [-0.15, -0.1) is 0 Å². The van der Waals surface area contributed by atoms with E-state index >= 15 is 0 Å². The molecule has 0 fully saturated rings. The summed E-state index contributed by atoms with van der Waals surface area (Å²) in [6.45, 7) is 9.10. The topological polar surface area (TPSA) is 158 Å². The van der Waals surface area contributed by atoms with Crippen molar-refractivity contribution in [1.82, 2.24) is 15.0 Å². The fourth-order valence-corrected chi connectivity index (χ4v) is 5.71. The number of fused-ring (bicyclic) bond motifs is 1. The second kappa shape index (κ2) is 17.6. The van der Waals surface area contributed by atoms with Crippen LogP contribution in [-0.2, 0) is 10.9 Å². The number of amides is 5. The van der Waals surface area contributed by atoms with Gasteiger partial charge >= 0.3 is 18.2 Å². The first kappa shape index (κ1) is 39.9. The summed E-state index contributed by atoms with van der Waals surface area (Å²) in [6.07, 6.45) is -3.21. The van der Waals surface area contributed by atoms with Crippen LogP contribution in [0, 0.1) is 19.8 Å². The van der Waals surface area contributed by atoms with Gasteiger partial charge in [0.2, 0.25) is 0 Å².